The Morgan fingerprint density at radius 2 is 1.91 bits per heavy atom. The quantitative estimate of drug-likeness (QED) is 0.634. The Balaban J connectivity index is 2.48. The Morgan fingerprint density at radius 1 is 1.32 bits per heavy atom. The number of halogens is 1. The van der Waals surface area contributed by atoms with Crippen molar-refractivity contribution < 1.29 is 14.3 Å². The van der Waals surface area contributed by atoms with Gasteiger partial charge in [0.1, 0.15) is 5.60 Å². The van der Waals surface area contributed by atoms with Crippen LogP contribution in [0.15, 0.2) is 0 Å². The Labute approximate surface area is 144 Å². The highest BCUT2D eigenvalue weighted by Crippen LogP contribution is 2.30. The predicted octanol–water partition coefficient (Wildman–Crippen LogP) is 4.60. The van der Waals surface area contributed by atoms with Crippen LogP contribution in [0.25, 0.3) is 0 Å². The Kier molecular flexibility index (Phi) is 7.66. The fourth-order valence-electron chi connectivity index (χ4n) is 2.64. The number of hydrogen-bond donors (Lipinski definition) is 0. The summed E-state index contributed by atoms with van der Waals surface area (Å²) in [5.41, 5.74) is -0.576. The molecule has 1 fully saturated rings. The van der Waals surface area contributed by atoms with Crippen LogP contribution in [-0.4, -0.2) is 47.2 Å². The molecule has 0 aromatic rings. The molecule has 5 heteroatoms. The van der Waals surface area contributed by atoms with Crippen molar-refractivity contribution in [2.75, 3.05) is 25.0 Å². The molecule has 0 spiro atoms. The number of alkyl halides is 1. The topological polar surface area (TPSA) is 38.8 Å². The lowest BCUT2D eigenvalue weighted by Gasteiger charge is -2.41. The molecule has 0 aliphatic carbocycles. The number of hydrogen-bond acceptors (Lipinski definition) is 3. The van der Waals surface area contributed by atoms with Gasteiger partial charge < -0.3 is 14.4 Å². The molecule has 4 nitrogen and oxygen atoms in total. The molecule has 1 rings (SSSR count). The van der Waals surface area contributed by atoms with Gasteiger partial charge in [0.25, 0.3) is 0 Å². The van der Waals surface area contributed by atoms with Crippen molar-refractivity contribution in [2.45, 2.75) is 71.5 Å². The van der Waals surface area contributed by atoms with E-state index in [1.165, 1.54) is 12.8 Å². The van der Waals surface area contributed by atoms with Crippen LogP contribution in [0.2, 0.25) is 0 Å². The van der Waals surface area contributed by atoms with E-state index in [9.17, 15) is 4.79 Å². The first-order valence-electron chi connectivity index (χ1n) is 8.39. The highest BCUT2D eigenvalue weighted by atomic mass is 79.9. The van der Waals surface area contributed by atoms with E-state index in [1.807, 2.05) is 20.8 Å². The number of nitrogens with zero attached hydrogens (tertiary/aromatic N) is 1. The lowest BCUT2D eigenvalue weighted by molar-refractivity contribution is -0.0790. The van der Waals surface area contributed by atoms with Gasteiger partial charge in [-0.3, -0.25) is 0 Å². The van der Waals surface area contributed by atoms with Crippen LogP contribution in [0, 0.1) is 5.92 Å². The van der Waals surface area contributed by atoms with Crippen molar-refractivity contribution in [3.05, 3.63) is 0 Å². The molecule has 0 bridgehead atoms. The second-order valence-corrected chi connectivity index (χ2v) is 8.05. The van der Waals surface area contributed by atoms with Crippen LogP contribution in [-0.2, 0) is 9.47 Å². The molecule has 22 heavy (non-hydrogen) atoms. The van der Waals surface area contributed by atoms with Gasteiger partial charge in [0.05, 0.1) is 5.60 Å². The normalized spacial score (nSPS) is 19.8. The van der Waals surface area contributed by atoms with Gasteiger partial charge in [0.15, 0.2) is 0 Å². The van der Waals surface area contributed by atoms with Crippen LogP contribution >= 0.6 is 15.9 Å². The van der Waals surface area contributed by atoms with Crippen LogP contribution in [0.1, 0.15) is 60.3 Å². The number of carbonyl (C=O) groups excluding carboxylic acids is 1. The molecule has 1 atom stereocenters. The molecule has 0 aromatic heterocycles. The van der Waals surface area contributed by atoms with Crippen molar-refractivity contribution in [3.63, 3.8) is 0 Å². The number of rotatable bonds is 6. The zero-order chi connectivity index (χ0) is 16.8. The molecule has 1 aliphatic heterocycles. The summed E-state index contributed by atoms with van der Waals surface area (Å²) in [5, 5.41) is 0.820. The van der Waals surface area contributed by atoms with Crippen LogP contribution in [0.3, 0.4) is 0 Å². The summed E-state index contributed by atoms with van der Waals surface area (Å²) in [6.45, 7) is 12.3. The molecule has 1 aliphatic rings. The van der Waals surface area contributed by atoms with Crippen LogP contribution in [0.5, 0.6) is 0 Å². The smallest absolute Gasteiger partial charge is 0.410 e. The highest BCUT2D eigenvalue weighted by molar-refractivity contribution is 9.09. The summed E-state index contributed by atoms with van der Waals surface area (Å²) in [6, 6.07) is 0. The molecule has 0 radical (unpaired) electrons. The molecule has 0 N–H and O–H groups in total. The molecular weight excluding hydrogens is 346 g/mol. The minimum absolute atomic E-state index is 0.138. The Bertz CT molecular complexity index is 346. The number of carbonyl (C=O) groups is 1. The molecule has 130 valence electrons. The van der Waals surface area contributed by atoms with Gasteiger partial charge in [-0.2, -0.15) is 0 Å². The maximum atomic E-state index is 12.1. The average Bonchev–Trinajstić information content (AvgIpc) is 2.44. The molecule has 1 unspecified atom stereocenters. The maximum absolute atomic E-state index is 12.1. The maximum Gasteiger partial charge on any atom is 0.410 e. The van der Waals surface area contributed by atoms with Crippen LogP contribution in [0.4, 0.5) is 4.79 Å². The Hall–Kier alpha value is -0.290. The molecule has 0 aromatic carbocycles. The molecule has 1 amide bonds. The van der Waals surface area contributed by atoms with Gasteiger partial charge in [-0.05, 0) is 46.0 Å². The first-order valence-corrected chi connectivity index (χ1v) is 9.51. The molecular formula is C17H32BrNO3. The third-order valence-corrected chi connectivity index (χ3v) is 5.05. The first-order chi connectivity index (χ1) is 10.2. The summed E-state index contributed by atoms with van der Waals surface area (Å²) in [5.74, 6) is 0.588. The second-order valence-electron chi connectivity index (χ2n) is 7.49. The monoisotopic (exact) mass is 377 g/mol. The standard InChI is InChI=1S/C17H32BrNO3/c1-6-7-14(2)12-21-17(13-18)8-10-19(11-9-17)15(20)22-16(3,4)5/h14H,6-13H2,1-5H3. The number of likely N-dealkylation sites (tertiary alicyclic amines) is 1. The van der Waals surface area contributed by atoms with Crippen molar-refractivity contribution in [3.8, 4) is 0 Å². The summed E-state index contributed by atoms with van der Waals surface area (Å²) < 4.78 is 11.7. The first kappa shape index (κ1) is 19.8. The van der Waals surface area contributed by atoms with Crippen molar-refractivity contribution in [2.24, 2.45) is 5.92 Å². The third kappa shape index (κ3) is 6.45. The van der Waals surface area contributed by atoms with E-state index < -0.39 is 5.60 Å². The molecule has 1 heterocycles. The zero-order valence-corrected chi connectivity index (χ0v) is 16.4. The van der Waals surface area contributed by atoms with E-state index in [1.54, 1.807) is 4.90 Å². The van der Waals surface area contributed by atoms with Crippen molar-refractivity contribution >= 4 is 22.0 Å². The van der Waals surface area contributed by atoms with Crippen LogP contribution < -0.4 is 0 Å². The summed E-state index contributed by atoms with van der Waals surface area (Å²) >= 11 is 3.60. The average molecular weight is 378 g/mol. The third-order valence-electron chi connectivity index (χ3n) is 4.03. The van der Waals surface area contributed by atoms with Gasteiger partial charge in [-0.1, -0.05) is 36.2 Å². The molecule has 0 saturated carbocycles. The van der Waals surface area contributed by atoms with E-state index in [-0.39, 0.29) is 11.7 Å². The van der Waals surface area contributed by atoms with Gasteiger partial charge in [-0.15, -0.1) is 0 Å². The fraction of sp³-hybridized carbons (Fsp3) is 0.941. The van der Waals surface area contributed by atoms with E-state index in [0.717, 1.165) is 24.8 Å². The number of ether oxygens (including phenoxy) is 2. The van der Waals surface area contributed by atoms with Crippen molar-refractivity contribution in [1.82, 2.24) is 4.90 Å². The van der Waals surface area contributed by atoms with E-state index in [0.29, 0.717) is 19.0 Å². The number of piperidine rings is 1. The minimum atomic E-state index is -0.437. The van der Waals surface area contributed by atoms with E-state index in [4.69, 9.17) is 9.47 Å². The SMILES string of the molecule is CCCC(C)COC1(CBr)CCN(C(=O)OC(C)(C)C)CC1. The predicted molar refractivity (Wildman–Crippen MR) is 93.6 cm³/mol. The second kappa shape index (κ2) is 8.53. The highest BCUT2D eigenvalue weighted by Gasteiger charge is 2.37. The largest absolute Gasteiger partial charge is 0.444 e. The fourth-order valence-corrected chi connectivity index (χ4v) is 3.36. The lowest BCUT2D eigenvalue weighted by atomic mass is 9.93. The van der Waals surface area contributed by atoms with Gasteiger partial charge in [0.2, 0.25) is 0 Å². The van der Waals surface area contributed by atoms with E-state index >= 15 is 0 Å². The van der Waals surface area contributed by atoms with Gasteiger partial charge in [-0.25, -0.2) is 4.79 Å². The van der Waals surface area contributed by atoms with Gasteiger partial charge in [0, 0.05) is 25.0 Å². The summed E-state index contributed by atoms with van der Waals surface area (Å²) in [4.78, 5) is 13.9. The van der Waals surface area contributed by atoms with Crippen molar-refractivity contribution in [1.29, 1.82) is 0 Å². The minimum Gasteiger partial charge on any atom is -0.444 e. The Morgan fingerprint density at radius 3 is 2.36 bits per heavy atom. The summed E-state index contributed by atoms with van der Waals surface area (Å²) in [7, 11) is 0. The number of amides is 1. The summed E-state index contributed by atoms with van der Waals surface area (Å²) in [6.07, 6.45) is 3.89. The van der Waals surface area contributed by atoms with Gasteiger partial charge >= 0.3 is 6.09 Å². The molecule has 1 saturated heterocycles. The lowest BCUT2D eigenvalue weighted by Crippen LogP contribution is -2.50. The van der Waals surface area contributed by atoms with E-state index in [2.05, 4.69) is 29.8 Å². The zero-order valence-electron chi connectivity index (χ0n) is 14.8.